The van der Waals surface area contributed by atoms with Gasteiger partial charge >= 0.3 is 0 Å². The van der Waals surface area contributed by atoms with Crippen LogP contribution >= 0.6 is 23.1 Å². The van der Waals surface area contributed by atoms with Gasteiger partial charge in [-0.1, -0.05) is 53.4 Å². The number of thioether (sulfide) groups is 1. The molecule has 0 fully saturated rings. The predicted octanol–water partition coefficient (Wildman–Crippen LogP) is 3.93. The van der Waals surface area contributed by atoms with Gasteiger partial charge in [0.2, 0.25) is 0 Å². The molecule has 172 valence electrons. The molecule has 0 amide bonds. The number of hydrogen-bond acceptors (Lipinski definition) is 10. The maximum Gasteiger partial charge on any atom is 0.191 e. The quantitative estimate of drug-likeness (QED) is 0.215. The number of ether oxygens (including phenoxy) is 1. The number of thiazole rings is 1. The Kier molecular flexibility index (Phi) is 7.95. The van der Waals surface area contributed by atoms with E-state index in [0.717, 1.165) is 21.8 Å². The molecule has 0 saturated carbocycles. The van der Waals surface area contributed by atoms with Crippen molar-refractivity contribution in [3.8, 4) is 11.5 Å². The van der Waals surface area contributed by atoms with Crippen LogP contribution in [-0.4, -0.2) is 51.5 Å². The van der Waals surface area contributed by atoms with Gasteiger partial charge in [-0.2, -0.15) is 0 Å². The molecule has 4 N–H and O–H groups in total. The number of fused-ring (bicyclic) bond motifs is 1. The molecule has 2 aromatic carbocycles. The van der Waals surface area contributed by atoms with E-state index in [1.54, 1.807) is 0 Å². The van der Waals surface area contributed by atoms with Gasteiger partial charge in [-0.15, -0.1) is 0 Å². The Balaban J connectivity index is 1.54. The molecule has 2 aromatic heterocycles. The van der Waals surface area contributed by atoms with Crippen molar-refractivity contribution in [2.75, 3.05) is 36.9 Å². The number of aliphatic hydroxyl groups is 2. The van der Waals surface area contributed by atoms with E-state index >= 15 is 0 Å². The van der Waals surface area contributed by atoms with E-state index in [2.05, 4.69) is 9.97 Å². The number of anilines is 2. The molecule has 0 unspecified atom stereocenters. The second-order valence-electron chi connectivity index (χ2n) is 7.17. The van der Waals surface area contributed by atoms with E-state index in [9.17, 15) is 10.2 Å². The fourth-order valence-electron chi connectivity index (χ4n) is 3.26. The summed E-state index contributed by atoms with van der Waals surface area (Å²) in [5, 5.41) is 19.8. The number of para-hydroxylation sites is 1. The summed E-state index contributed by atoms with van der Waals surface area (Å²) in [6.07, 6.45) is 0.566. The maximum atomic E-state index is 9.53. The Bertz CT molecular complexity index is 1190. The fraction of sp³-hybridized carbons (Fsp3) is 0.261. The monoisotopic (exact) mass is 483 g/mol. The van der Waals surface area contributed by atoms with E-state index in [0.29, 0.717) is 47.0 Å². The van der Waals surface area contributed by atoms with Gasteiger partial charge in [0.25, 0.3) is 0 Å². The number of aromatic nitrogens is 3. The molecule has 8 nitrogen and oxygen atoms in total. The van der Waals surface area contributed by atoms with Crippen LogP contribution < -0.4 is 15.4 Å². The highest BCUT2D eigenvalue weighted by Crippen LogP contribution is 2.34. The highest BCUT2D eigenvalue weighted by molar-refractivity contribution is 7.98. The summed E-state index contributed by atoms with van der Waals surface area (Å²) in [6, 6.07) is 17.6. The molecule has 0 radical (unpaired) electrons. The van der Waals surface area contributed by atoms with Crippen LogP contribution in [0.2, 0.25) is 0 Å². The average molecular weight is 484 g/mol. The molecule has 0 aliphatic heterocycles. The number of benzene rings is 2. The minimum Gasteiger partial charge on any atom is -0.457 e. The number of rotatable bonds is 11. The van der Waals surface area contributed by atoms with Gasteiger partial charge in [-0.3, -0.25) is 0 Å². The van der Waals surface area contributed by atoms with Gasteiger partial charge in [0.1, 0.15) is 16.2 Å². The first-order valence-electron chi connectivity index (χ1n) is 10.5. The van der Waals surface area contributed by atoms with E-state index in [-0.39, 0.29) is 13.2 Å². The summed E-state index contributed by atoms with van der Waals surface area (Å²) in [5.41, 5.74) is 7.55. The topological polar surface area (TPSA) is 118 Å². The zero-order valence-corrected chi connectivity index (χ0v) is 19.6. The first-order chi connectivity index (χ1) is 16.2. The Morgan fingerprint density at radius 1 is 0.939 bits per heavy atom. The molecule has 0 aliphatic rings. The van der Waals surface area contributed by atoms with E-state index < -0.39 is 0 Å². The SMILES string of the molecule is Nc1nc2nc(SCc3cccc(Oc4ccccc4)c3)nc(N(CCO)CCCO)c2s1. The lowest BCUT2D eigenvalue weighted by Crippen LogP contribution is -2.29. The van der Waals surface area contributed by atoms with Crippen molar-refractivity contribution in [1.29, 1.82) is 0 Å². The van der Waals surface area contributed by atoms with Crippen LogP contribution in [0.25, 0.3) is 10.3 Å². The van der Waals surface area contributed by atoms with Crippen LogP contribution in [0.15, 0.2) is 59.8 Å². The largest absolute Gasteiger partial charge is 0.457 e. The van der Waals surface area contributed by atoms with Crippen molar-refractivity contribution in [3.05, 3.63) is 60.2 Å². The highest BCUT2D eigenvalue weighted by atomic mass is 32.2. The molecule has 2 heterocycles. The van der Waals surface area contributed by atoms with Crippen molar-refractivity contribution in [3.63, 3.8) is 0 Å². The minimum absolute atomic E-state index is 0.0259. The number of hydrogen-bond donors (Lipinski definition) is 3. The van der Waals surface area contributed by atoms with Crippen LogP contribution in [0, 0.1) is 0 Å². The predicted molar refractivity (Wildman–Crippen MR) is 133 cm³/mol. The van der Waals surface area contributed by atoms with Crippen molar-refractivity contribution in [2.24, 2.45) is 0 Å². The first-order valence-corrected chi connectivity index (χ1v) is 12.3. The Morgan fingerprint density at radius 3 is 2.55 bits per heavy atom. The molecular formula is C23H25N5O3S2. The van der Waals surface area contributed by atoms with Gasteiger partial charge in [0.15, 0.2) is 21.8 Å². The zero-order chi connectivity index (χ0) is 23.0. The Hall–Kier alpha value is -2.92. The number of aliphatic hydroxyl groups excluding tert-OH is 2. The van der Waals surface area contributed by atoms with Gasteiger partial charge in [-0.25, -0.2) is 15.0 Å². The van der Waals surface area contributed by atoms with Crippen molar-refractivity contribution in [1.82, 2.24) is 15.0 Å². The summed E-state index contributed by atoms with van der Waals surface area (Å²) in [6.45, 7) is 0.989. The number of nitrogens with zero attached hydrogens (tertiary/aromatic N) is 4. The zero-order valence-electron chi connectivity index (χ0n) is 17.9. The van der Waals surface area contributed by atoms with E-state index in [1.165, 1.54) is 23.1 Å². The smallest absolute Gasteiger partial charge is 0.191 e. The molecule has 0 spiro atoms. The molecule has 0 atom stereocenters. The molecule has 0 bridgehead atoms. The Labute approximate surface area is 200 Å². The molecule has 0 aliphatic carbocycles. The lowest BCUT2D eigenvalue weighted by molar-refractivity contribution is 0.281. The van der Waals surface area contributed by atoms with E-state index in [4.69, 9.17) is 15.5 Å². The molecule has 33 heavy (non-hydrogen) atoms. The summed E-state index contributed by atoms with van der Waals surface area (Å²) in [4.78, 5) is 15.6. The van der Waals surface area contributed by atoms with Gasteiger partial charge in [0, 0.05) is 25.4 Å². The summed E-state index contributed by atoms with van der Waals surface area (Å²) >= 11 is 2.82. The molecular weight excluding hydrogens is 458 g/mol. The van der Waals surface area contributed by atoms with Crippen molar-refractivity contribution in [2.45, 2.75) is 17.3 Å². The van der Waals surface area contributed by atoms with Crippen LogP contribution in [-0.2, 0) is 5.75 Å². The second kappa shape index (κ2) is 11.3. The third-order valence-electron chi connectivity index (χ3n) is 4.73. The van der Waals surface area contributed by atoms with Crippen LogP contribution in [0.1, 0.15) is 12.0 Å². The lowest BCUT2D eigenvalue weighted by Gasteiger charge is -2.23. The molecule has 10 heteroatoms. The standard InChI is InChI=1S/C23H25N5O3S2/c24-22-25-20-19(33-22)21(28(11-13-30)10-5-12-29)27-23(26-20)32-15-16-6-4-9-18(14-16)31-17-7-2-1-3-8-17/h1-4,6-9,14,29-30H,5,10-13,15H2,(H2,24,25,26,27). The van der Waals surface area contributed by atoms with Crippen LogP contribution in [0.5, 0.6) is 11.5 Å². The van der Waals surface area contributed by atoms with Gasteiger partial charge in [-0.05, 0) is 36.2 Å². The van der Waals surface area contributed by atoms with Gasteiger partial charge < -0.3 is 25.6 Å². The molecule has 4 aromatic rings. The van der Waals surface area contributed by atoms with Crippen molar-refractivity contribution < 1.29 is 14.9 Å². The Morgan fingerprint density at radius 2 is 1.76 bits per heavy atom. The van der Waals surface area contributed by atoms with Crippen LogP contribution in [0.4, 0.5) is 10.9 Å². The third-order valence-corrected chi connectivity index (χ3v) is 6.52. The average Bonchev–Trinajstić information content (AvgIpc) is 3.21. The number of nitrogen functional groups attached to an aromatic ring is 1. The highest BCUT2D eigenvalue weighted by Gasteiger charge is 2.18. The molecule has 4 rings (SSSR count). The van der Waals surface area contributed by atoms with Crippen LogP contribution in [0.3, 0.4) is 0 Å². The lowest BCUT2D eigenvalue weighted by atomic mass is 10.2. The normalized spacial score (nSPS) is 11.1. The number of nitrogens with two attached hydrogens (primary N) is 1. The van der Waals surface area contributed by atoms with Gasteiger partial charge in [0.05, 0.1) is 6.61 Å². The molecule has 0 saturated heterocycles. The van der Waals surface area contributed by atoms with Crippen molar-refractivity contribution >= 4 is 44.4 Å². The minimum atomic E-state index is -0.0259. The summed E-state index contributed by atoms with van der Waals surface area (Å²) < 4.78 is 6.71. The van der Waals surface area contributed by atoms with E-state index in [1.807, 2.05) is 59.5 Å². The fourth-order valence-corrected chi connectivity index (χ4v) is 4.83. The summed E-state index contributed by atoms with van der Waals surface area (Å²) in [7, 11) is 0. The second-order valence-corrected chi connectivity index (χ2v) is 9.15. The summed E-state index contributed by atoms with van der Waals surface area (Å²) in [5.74, 6) is 2.88. The first kappa shape index (κ1) is 23.2. The maximum absolute atomic E-state index is 9.53. The third kappa shape index (κ3) is 6.11.